The van der Waals surface area contributed by atoms with Gasteiger partial charge in [-0.3, -0.25) is 14.4 Å². The Balaban J connectivity index is 1.90. The number of anilines is 1. The molecule has 8 atom stereocenters. The number of thioether (sulfide) groups is 1. The average molecular weight is 568 g/mol. The third kappa shape index (κ3) is 4.61. The molecule has 3 amide bonds. The molecule has 3 heterocycles. The SMILES string of the molecule is C=CCN(C)C(=O)[C@@H]1[C@@H]2CC(C)C3(S2)C(C(=O)N(CC=C)c2cc(C)ccc2C)N([C@@H](CO)[C@@H](C)CC)C(=O)[C@H]13. The van der Waals surface area contributed by atoms with Gasteiger partial charge in [0.25, 0.3) is 5.91 Å². The number of aliphatic hydroxyl groups excluding tert-OH is 1. The number of likely N-dealkylation sites (N-methyl/N-ethyl adjacent to an activating group) is 1. The second-order valence-corrected chi connectivity index (χ2v) is 13.5. The van der Waals surface area contributed by atoms with Gasteiger partial charge < -0.3 is 19.8 Å². The Morgan fingerprint density at radius 1 is 1.23 bits per heavy atom. The fraction of sp³-hybridized carbons (Fsp3) is 0.594. The van der Waals surface area contributed by atoms with Gasteiger partial charge in [-0.05, 0) is 49.3 Å². The zero-order valence-electron chi connectivity index (χ0n) is 24.8. The summed E-state index contributed by atoms with van der Waals surface area (Å²) in [4.78, 5) is 48.5. The van der Waals surface area contributed by atoms with E-state index in [1.165, 1.54) is 0 Å². The van der Waals surface area contributed by atoms with Crippen LogP contribution in [0.2, 0.25) is 0 Å². The van der Waals surface area contributed by atoms with Crippen molar-refractivity contribution in [3.05, 3.63) is 54.6 Å². The molecule has 1 aromatic rings. The Morgan fingerprint density at radius 3 is 2.50 bits per heavy atom. The Labute approximate surface area is 243 Å². The van der Waals surface area contributed by atoms with E-state index < -0.39 is 28.7 Å². The largest absolute Gasteiger partial charge is 0.394 e. The molecule has 0 aromatic heterocycles. The third-order valence-electron chi connectivity index (χ3n) is 9.56. The van der Waals surface area contributed by atoms with Crippen LogP contribution in [-0.4, -0.2) is 81.5 Å². The van der Waals surface area contributed by atoms with Crippen molar-refractivity contribution in [1.29, 1.82) is 0 Å². The molecular weight excluding hydrogens is 522 g/mol. The predicted molar refractivity (Wildman–Crippen MR) is 162 cm³/mol. The van der Waals surface area contributed by atoms with E-state index in [9.17, 15) is 19.5 Å². The number of likely N-dealkylation sites (tertiary alicyclic amines) is 1. The molecule has 4 rings (SSSR count). The van der Waals surface area contributed by atoms with Gasteiger partial charge in [0.2, 0.25) is 11.8 Å². The van der Waals surface area contributed by atoms with Gasteiger partial charge in [-0.2, -0.15) is 0 Å². The number of aliphatic hydroxyl groups is 1. The quantitative estimate of drug-likeness (QED) is 0.405. The highest BCUT2D eigenvalue weighted by molar-refractivity contribution is 8.02. The highest BCUT2D eigenvalue weighted by Gasteiger charge is 2.77. The van der Waals surface area contributed by atoms with Gasteiger partial charge in [0.05, 0.1) is 29.2 Å². The van der Waals surface area contributed by atoms with Gasteiger partial charge in [-0.1, -0.05) is 51.5 Å². The molecule has 3 unspecified atom stereocenters. The van der Waals surface area contributed by atoms with Crippen LogP contribution in [0.15, 0.2) is 43.5 Å². The van der Waals surface area contributed by atoms with Crippen LogP contribution in [0, 0.1) is 37.5 Å². The van der Waals surface area contributed by atoms with Gasteiger partial charge in [-0.25, -0.2) is 0 Å². The smallest absolute Gasteiger partial charge is 0.251 e. The zero-order valence-corrected chi connectivity index (χ0v) is 25.6. The molecule has 8 heteroatoms. The minimum atomic E-state index is -0.802. The molecule has 3 fully saturated rings. The van der Waals surface area contributed by atoms with Crippen LogP contribution in [-0.2, 0) is 14.4 Å². The summed E-state index contributed by atoms with van der Waals surface area (Å²) < 4.78 is -0.758. The first-order valence-corrected chi connectivity index (χ1v) is 15.3. The number of nitrogens with zero attached hydrogens (tertiary/aromatic N) is 3. The molecule has 1 N–H and O–H groups in total. The normalized spacial score (nSPS) is 30.1. The van der Waals surface area contributed by atoms with E-state index in [-0.39, 0.29) is 41.4 Å². The molecule has 2 bridgehead atoms. The molecule has 218 valence electrons. The summed E-state index contributed by atoms with van der Waals surface area (Å²) in [6.45, 7) is 18.3. The maximum Gasteiger partial charge on any atom is 0.251 e. The van der Waals surface area contributed by atoms with Crippen molar-refractivity contribution in [3.63, 3.8) is 0 Å². The van der Waals surface area contributed by atoms with Crippen LogP contribution < -0.4 is 4.90 Å². The van der Waals surface area contributed by atoms with Crippen molar-refractivity contribution >= 4 is 35.2 Å². The molecule has 0 aliphatic carbocycles. The van der Waals surface area contributed by atoms with Crippen molar-refractivity contribution < 1.29 is 19.5 Å². The maximum absolute atomic E-state index is 15.0. The summed E-state index contributed by atoms with van der Waals surface area (Å²) in [5.74, 6) is -1.53. The minimum Gasteiger partial charge on any atom is -0.394 e. The molecule has 40 heavy (non-hydrogen) atoms. The summed E-state index contributed by atoms with van der Waals surface area (Å²) in [5.41, 5.74) is 2.79. The average Bonchev–Trinajstić information content (AvgIpc) is 3.52. The van der Waals surface area contributed by atoms with E-state index in [0.717, 1.165) is 29.7 Å². The van der Waals surface area contributed by atoms with Crippen molar-refractivity contribution in [3.8, 4) is 0 Å². The van der Waals surface area contributed by atoms with Crippen molar-refractivity contribution in [2.45, 2.75) is 69.5 Å². The lowest BCUT2D eigenvalue weighted by atomic mass is 9.65. The lowest BCUT2D eigenvalue weighted by molar-refractivity contribution is -0.145. The van der Waals surface area contributed by atoms with Crippen LogP contribution >= 0.6 is 11.8 Å². The fourth-order valence-corrected chi connectivity index (χ4v) is 9.72. The summed E-state index contributed by atoms with van der Waals surface area (Å²) in [5, 5.41) is 10.6. The summed E-state index contributed by atoms with van der Waals surface area (Å²) in [7, 11) is 1.75. The van der Waals surface area contributed by atoms with E-state index in [1.807, 2.05) is 45.9 Å². The Morgan fingerprint density at radius 2 is 1.90 bits per heavy atom. The molecule has 7 nitrogen and oxygen atoms in total. The first-order valence-electron chi connectivity index (χ1n) is 14.5. The Bertz CT molecular complexity index is 1190. The standard InChI is InChI=1S/C32H45N3O4S/c1-9-14-33(8)29(37)26-25-17-22(7)32(40-25)27(26)30(38)35(24(18-36)20(5)11-3)28(32)31(39)34(15-10-2)23-16-19(4)12-13-21(23)6/h9-10,12-13,16,20,22,24-28,36H,1-2,11,14-15,17-18H2,3-8H3/t20-,22?,24-,25-,26+,27-,28?,32?/m0/s1. The zero-order chi connectivity index (χ0) is 29.5. The Hall–Kier alpha value is -2.58. The van der Waals surface area contributed by atoms with E-state index in [2.05, 4.69) is 20.1 Å². The summed E-state index contributed by atoms with van der Waals surface area (Å²) in [6, 6.07) is 4.70. The first kappa shape index (κ1) is 30.4. The highest BCUT2D eigenvalue weighted by atomic mass is 32.2. The fourth-order valence-electron chi connectivity index (χ4n) is 7.32. The van der Waals surface area contributed by atoms with Crippen LogP contribution in [0.4, 0.5) is 5.69 Å². The number of hydrogen-bond donors (Lipinski definition) is 1. The molecule has 1 aromatic carbocycles. The van der Waals surface area contributed by atoms with E-state index in [0.29, 0.717) is 13.1 Å². The summed E-state index contributed by atoms with van der Waals surface area (Å²) >= 11 is 1.67. The number of hydrogen-bond acceptors (Lipinski definition) is 5. The second kappa shape index (κ2) is 11.7. The molecule has 3 aliphatic rings. The number of fused-ring (bicyclic) bond motifs is 1. The summed E-state index contributed by atoms with van der Waals surface area (Å²) in [6.07, 6.45) is 4.92. The van der Waals surface area contributed by atoms with Crippen LogP contribution in [0.25, 0.3) is 0 Å². The van der Waals surface area contributed by atoms with E-state index >= 15 is 0 Å². The topological polar surface area (TPSA) is 81.2 Å². The molecule has 3 saturated heterocycles. The number of carbonyl (C=O) groups excluding carboxylic acids is 3. The number of rotatable bonds is 11. The lowest BCUT2D eigenvalue weighted by Crippen LogP contribution is -2.60. The maximum atomic E-state index is 15.0. The first-order chi connectivity index (χ1) is 19.0. The number of amides is 3. The molecular formula is C32H45N3O4S. The molecule has 0 radical (unpaired) electrons. The van der Waals surface area contributed by atoms with Gasteiger partial charge in [0.15, 0.2) is 0 Å². The van der Waals surface area contributed by atoms with Gasteiger partial charge in [0, 0.05) is 31.1 Å². The monoisotopic (exact) mass is 567 g/mol. The van der Waals surface area contributed by atoms with Crippen LogP contribution in [0.3, 0.4) is 0 Å². The number of aryl methyl sites for hydroxylation is 2. The van der Waals surface area contributed by atoms with E-state index in [1.54, 1.807) is 45.7 Å². The van der Waals surface area contributed by atoms with Crippen molar-refractivity contribution in [2.75, 3.05) is 31.6 Å². The lowest BCUT2D eigenvalue weighted by Gasteiger charge is -2.43. The molecule has 3 aliphatic heterocycles. The minimum absolute atomic E-state index is 0.0249. The molecule has 0 saturated carbocycles. The van der Waals surface area contributed by atoms with Crippen molar-refractivity contribution in [1.82, 2.24) is 9.80 Å². The van der Waals surface area contributed by atoms with Gasteiger partial charge >= 0.3 is 0 Å². The highest BCUT2D eigenvalue weighted by Crippen LogP contribution is 2.69. The van der Waals surface area contributed by atoms with Gasteiger partial charge in [0.1, 0.15) is 6.04 Å². The number of carbonyl (C=O) groups is 3. The predicted octanol–water partition coefficient (Wildman–Crippen LogP) is 4.21. The van der Waals surface area contributed by atoms with Crippen LogP contribution in [0.1, 0.15) is 44.7 Å². The third-order valence-corrected chi connectivity index (χ3v) is 11.6. The molecule has 1 spiro atoms. The van der Waals surface area contributed by atoms with E-state index in [4.69, 9.17) is 0 Å². The van der Waals surface area contributed by atoms with Crippen molar-refractivity contribution in [2.24, 2.45) is 23.7 Å². The van der Waals surface area contributed by atoms with Gasteiger partial charge in [-0.15, -0.1) is 24.9 Å². The van der Waals surface area contributed by atoms with Crippen LogP contribution in [0.5, 0.6) is 0 Å². The number of benzene rings is 1. The second-order valence-electron chi connectivity index (χ2n) is 12.0. The Kier molecular flexibility index (Phi) is 8.91.